The fourth-order valence-electron chi connectivity index (χ4n) is 3.05. The largest absolute Gasteiger partial charge is 0.480 e. The highest BCUT2D eigenvalue weighted by atomic mass is 16.4. The number of carbonyl (C=O) groups excluding carboxylic acids is 1. The second kappa shape index (κ2) is 8.67. The third-order valence-corrected chi connectivity index (χ3v) is 4.48. The highest BCUT2D eigenvalue weighted by Gasteiger charge is 2.22. The number of hydrogen-bond acceptors (Lipinski definition) is 3. The van der Waals surface area contributed by atoms with Gasteiger partial charge in [-0.2, -0.15) is 0 Å². The van der Waals surface area contributed by atoms with Crippen LogP contribution in [0.15, 0.2) is 30.3 Å². The molecule has 1 amide bonds. The molecule has 1 aliphatic rings. The van der Waals surface area contributed by atoms with E-state index in [1.807, 2.05) is 30.3 Å². The monoisotopic (exact) mass is 318 g/mol. The van der Waals surface area contributed by atoms with Crippen LogP contribution in [0.3, 0.4) is 0 Å². The Hall–Kier alpha value is -1.88. The summed E-state index contributed by atoms with van der Waals surface area (Å²) in [6, 6.07) is 9.01. The Bertz CT molecular complexity index is 518. The molecule has 23 heavy (non-hydrogen) atoms. The van der Waals surface area contributed by atoms with Crippen molar-refractivity contribution < 1.29 is 14.7 Å². The first kappa shape index (κ1) is 17.5. The predicted molar refractivity (Wildman–Crippen MR) is 89.2 cm³/mol. The molecule has 126 valence electrons. The minimum Gasteiger partial charge on any atom is -0.480 e. The summed E-state index contributed by atoms with van der Waals surface area (Å²) in [6.07, 6.45) is 4.26. The summed E-state index contributed by atoms with van der Waals surface area (Å²) in [5.41, 5.74) is 0.907. The summed E-state index contributed by atoms with van der Waals surface area (Å²) < 4.78 is 0. The number of rotatable bonds is 7. The standard InChI is InChI=1S/C18H26N2O3/c1-14-7-5-6-11-20(14)12-10-17(21)19-16(18(22)23)13-15-8-3-2-4-9-15/h2-4,8-9,14,16H,5-7,10-13H2,1H3,(H,19,21)(H,22,23). The summed E-state index contributed by atoms with van der Waals surface area (Å²) in [5.74, 6) is -1.18. The van der Waals surface area contributed by atoms with E-state index in [1.165, 1.54) is 19.3 Å². The minimum atomic E-state index is -0.992. The highest BCUT2D eigenvalue weighted by molar-refractivity contribution is 5.83. The lowest BCUT2D eigenvalue weighted by Crippen LogP contribution is -2.44. The van der Waals surface area contributed by atoms with Crippen LogP contribution < -0.4 is 5.32 Å². The number of carboxylic acid groups (broad SMARTS) is 1. The van der Waals surface area contributed by atoms with Crippen LogP contribution in [0.25, 0.3) is 0 Å². The fraction of sp³-hybridized carbons (Fsp3) is 0.556. The van der Waals surface area contributed by atoms with Crippen LogP contribution in [0.2, 0.25) is 0 Å². The van der Waals surface area contributed by atoms with Gasteiger partial charge in [-0.3, -0.25) is 4.79 Å². The van der Waals surface area contributed by atoms with Gasteiger partial charge in [0.05, 0.1) is 0 Å². The van der Waals surface area contributed by atoms with E-state index in [1.54, 1.807) is 0 Å². The summed E-state index contributed by atoms with van der Waals surface area (Å²) in [7, 11) is 0. The van der Waals surface area contributed by atoms with Gasteiger partial charge >= 0.3 is 5.97 Å². The predicted octanol–water partition coefficient (Wildman–Crippen LogP) is 2.06. The van der Waals surface area contributed by atoms with E-state index < -0.39 is 12.0 Å². The Morgan fingerprint density at radius 1 is 1.30 bits per heavy atom. The van der Waals surface area contributed by atoms with Gasteiger partial charge in [0.2, 0.25) is 5.91 Å². The zero-order valence-electron chi connectivity index (χ0n) is 13.7. The number of amides is 1. The maximum Gasteiger partial charge on any atom is 0.326 e. The average molecular weight is 318 g/mol. The molecule has 0 radical (unpaired) electrons. The molecule has 0 aliphatic carbocycles. The first-order valence-electron chi connectivity index (χ1n) is 8.36. The SMILES string of the molecule is CC1CCCCN1CCC(=O)NC(Cc1ccccc1)C(=O)O. The van der Waals surface area contributed by atoms with Gasteiger partial charge in [0.15, 0.2) is 0 Å². The molecule has 2 atom stereocenters. The van der Waals surface area contributed by atoms with E-state index in [0.29, 0.717) is 25.4 Å². The molecular weight excluding hydrogens is 292 g/mol. The van der Waals surface area contributed by atoms with Crippen LogP contribution >= 0.6 is 0 Å². The van der Waals surface area contributed by atoms with Gasteiger partial charge in [0, 0.05) is 25.4 Å². The van der Waals surface area contributed by atoms with Gasteiger partial charge in [0.1, 0.15) is 6.04 Å². The van der Waals surface area contributed by atoms with Crippen LogP contribution in [-0.4, -0.2) is 47.1 Å². The van der Waals surface area contributed by atoms with E-state index in [-0.39, 0.29) is 5.91 Å². The first-order chi connectivity index (χ1) is 11.1. The maximum atomic E-state index is 12.1. The third kappa shape index (κ3) is 5.67. The molecule has 0 spiro atoms. The molecule has 5 heteroatoms. The Morgan fingerprint density at radius 3 is 2.70 bits per heavy atom. The van der Waals surface area contributed by atoms with E-state index >= 15 is 0 Å². The number of aliphatic carboxylic acids is 1. The molecule has 0 saturated carbocycles. The quantitative estimate of drug-likeness (QED) is 0.807. The Kier molecular flexibility index (Phi) is 6.59. The third-order valence-electron chi connectivity index (χ3n) is 4.48. The molecule has 2 N–H and O–H groups in total. The number of carbonyl (C=O) groups is 2. The van der Waals surface area contributed by atoms with Crippen molar-refractivity contribution in [2.45, 2.75) is 51.1 Å². The van der Waals surface area contributed by atoms with Gasteiger partial charge in [-0.25, -0.2) is 4.79 Å². The maximum absolute atomic E-state index is 12.1. The van der Waals surface area contributed by atoms with E-state index in [0.717, 1.165) is 12.1 Å². The normalized spacial score (nSPS) is 20.0. The zero-order chi connectivity index (χ0) is 16.7. The average Bonchev–Trinajstić information content (AvgIpc) is 2.54. The van der Waals surface area contributed by atoms with Crippen molar-refractivity contribution in [3.8, 4) is 0 Å². The number of piperidine rings is 1. The van der Waals surface area contributed by atoms with Gasteiger partial charge in [-0.15, -0.1) is 0 Å². The molecular formula is C18H26N2O3. The van der Waals surface area contributed by atoms with Crippen LogP contribution in [0.4, 0.5) is 0 Å². The van der Waals surface area contributed by atoms with Crippen LogP contribution in [0, 0.1) is 0 Å². The molecule has 1 heterocycles. The van der Waals surface area contributed by atoms with Gasteiger partial charge in [-0.05, 0) is 31.9 Å². The molecule has 0 aromatic heterocycles. The first-order valence-corrected chi connectivity index (χ1v) is 8.36. The van der Waals surface area contributed by atoms with Gasteiger partial charge < -0.3 is 15.3 Å². The van der Waals surface area contributed by atoms with E-state index in [2.05, 4.69) is 17.1 Å². The van der Waals surface area contributed by atoms with Crippen molar-refractivity contribution in [1.29, 1.82) is 0 Å². The second-order valence-corrected chi connectivity index (χ2v) is 6.28. The van der Waals surface area contributed by atoms with Crippen molar-refractivity contribution in [2.75, 3.05) is 13.1 Å². The minimum absolute atomic E-state index is 0.189. The van der Waals surface area contributed by atoms with Crippen molar-refractivity contribution in [3.05, 3.63) is 35.9 Å². The molecule has 5 nitrogen and oxygen atoms in total. The number of nitrogens with one attached hydrogen (secondary N) is 1. The van der Waals surface area contributed by atoms with Gasteiger partial charge in [-0.1, -0.05) is 36.8 Å². The Labute approximate surface area is 137 Å². The number of carboxylic acids is 1. The fourth-order valence-corrected chi connectivity index (χ4v) is 3.05. The Morgan fingerprint density at radius 2 is 2.04 bits per heavy atom. The lowest BCUT2D eigenvalue weighted by molar-refractivity contribution is -0.141. The molecule has 2 rings (SSSR count). The molecule has 1 aromatic rings. The summed E-state index contributed by atoms with van der Waals surface area (Å²) in [6.45, 7) is 3.91. The van der Waals surface area contributed by atoms with Crippen molar-refractivity contribution >= 4 is 11.9 Å². The van der Waals surface area contributed by atoms with E-state index in [4.69, 9.17) is 0 Å². The van der Waals surface area contributed by atoms with Crippen molar-refractivity contribution in [1.82, 2.24) is 10.2 Å². The van der Waals surface area contributed by atoms with Crippen LogP contribution in [-0.2, 0) is 16.0 Å². The topological polar surface area (TPSA) is 69.6 Å². The van der Waals surface area contributed by atoms with Crippen LogP contribution in [0.1, 0.15) is 38.2 Å². The summed E-state index contributed by atoms with van der Waals surface area (Å²) in [5, 5.41) is 12.0. The Balaban J connectivity index is 1.82. The highest BCUT2D eigenvalue weighted by Crippen LogP contribution is 2.16. The zero-order valence-corrected chi connectivity index (χ0v) is 13.7. The van der Waals surface area contributed by atoms with E-state index in [9.17, 15) is 14.7 Å². The van der Waals surface area contributed by atoms with Crippen LogP contribution in [0.5, 0.6) is 0 Å². The number of benzene rings is 1. The number of nitrogens with zero attached hydrogens (tertiary/aromatic N) is 1. The molecule has 1 saturated heterocycles. The van der Waals surface area contributed by atoms with Gasteiger partial charge in [0.25, 0.3) is 0 Å². The second-order valence-electron chi connectivity index (χ2n) is 6.28. The van der Waals surface area contributed by atoms with Crippen molar-refractivity contribution in [3.63, 3.8) is 0 Å². The molecule has 1 fully saturated rings. The molecule has 1 aliphatic heterocycles. The number of likely N-dealkylation sites (tertiary alicyclic amines) is 1. The lowest BCUT2D eigenvalue weighted by atomic mass is 10.0. The molecule has 2 unspecified atom stereocenters. The molecule has 1 aromatic carbocycles. The van der Waals surface area contributed by atoms with Crippen molar-refractivity contribution in [2.24, 2.45) is 0 Å². The summed E-state index contributed by atoms with van der Waals surface area (Å²) in [4.78, 5) is 25.8. The summed E-state index contributed by atoms with van der Waals surface area (Å²) >= 11 is 0. The number of hydrogen-bond donors (Lipinski definition) is 2. The smallest absolute Gasteiger partial charge is 0.326 e. The lowest BCUT2D eigenvalue weighted by Gasteiger charge is -2.33. The molecule has 0 bridgehead atoms.